The van der Waals surface area contributed by atoms with Crippen LogP contribution >= 0.6 is 34.2 Å². The molecule has 0 aliphatic heterocycles. The van der Waals surface area contributed by atoms with Crippen LogP contribution < -0.4 is 5.32 Å². The summed E-state index contributed by atoms with van der Waals surface area (Å²) in [6.07, 6.45) is 0.907. The van der Waals surface area contributed by atoms with Gasteiger partial charge in [0.15, 0.2) is 0 Å². The molecule has 0 aliphatic rings. The molecule has 0 spiro atoms. The smallest absolute Gasteiger partial charge is 0.251 e. The van der Waals surface area contributed by atoms with Crippen molar-refractivity contribution in [1.82, 2.24) is 5.32 Å². The van der Waals surface area contributed by atoms with Crippen LogP contribution in [0.1, 0.15) is 51.4 Å². The number of hydrogen-bond acceptors (Lipinski definition) is 1. The quantitative estimate of drug-likeness (QED) is 0.728. The number of halogens is 2. The number of rotatable bonds is 3. The minimum Gasteiger partial charge on any atom is -0.347 e. The average molecular weight is 394 g/mol. The van der Waals surface area contributed by atoms with E-state index in [1.807, 2.05) is 19.9 Å². The number of carbonyl (C=O) groups excluding carboxylic acids is 1. The van der Waals surface area contributed by atoms with Crippen LogP contribution in [0.4, 0.5) is 0 Å². The topological polar surface area (TPSA) is 29.1 Å². The van der Waals surface area contributed by atoms with Crippen molar-refractivity contribution in [3.05, 3.63) is 32.4 Å². The second kappa shape index (κ2) is 6.00. The van der Waals surface area contributed by atoms with Crippen molar-refractivity contribution < 1.29 is 4.79 Å². The van der Waals surface area contributed by atoms with Crippen LogP contribution in [0, 0.1) is 8.99 Å². The molecule has 0 fully saturated rings. The van der Waals surface area contributed by atoms with E-state index in [4.69, 9.17) is 11.6 Å². The van der Waals surface area contributed by atoms with Crippen LogP contribution in [0.2, 0.25) is 5.02 Å². The molecule has 1 rings (SSSR count). The highest BCUT2D eigenvalue weighted by Gasteiger charge is 2.27. The molecular weight excluding hydrogens is 373 g/mol. The van der Waals surface area contributed by atoms with E-state index in [0.717, 1.165) is 9.99 Å². The number of carbonyl (C=O) groups is 1. The fourth-order valence-electron chi connectivity index (χ4n) is 2.39. The van der Waals surface area contributed by atoms with Gasteiger partial charge in [-0.1, -0.05) is 32.4 Å². The molecule has 0 unspecified atom stereocenters. The third-order valence-corrected chi connectivity index (χ3v) is 4.18. The van der Waals surface area contributed by atoms with Crippen molar-refractivity contribution in [1.29, 1.82) is 0 Å². The predicted octanol–water partition coefficient (Wildman–Crippen LogP) is 4.89. The lowest BCUT2D eigenvalue weighted by Gasteiger charge is -2.33. The first-order valence-electron chi connectivity index (χ1n) is 6.28. The monoisotopic (exact) mass is 393 g/mol. The second-order valence-corrected chi connectivity index (χ2v) is 8.27. The molecule has 0 atom stereocenters. The summed E-state index contributed by atoms with van der Waals surface area (Å²) in [5, 5.41) is 3.69. The molecule has 4 heteroatoms. The molecule has 1 amide bonds. The fraction of sp³-hybridized carbons (Fsp3) is 0.533. The van der Waals surface area contributed by atoms with Crippen LogP contribution in [0.25, 0.3) is 0 Å². The summed E-state index contributed by atoms with van der Waals surface area (Å²) in [7, 11) is 0. The second-order valence-electron chi connectivity index (χ2n) is 6.70. The maximum atomic E-state index is 12.2. The Kier molecular flexibility index (Phi) is 5.29. The molecule has 0 saturated heterocycles. The summed E-state index contributed by atoms with van der Waals surface area (Å²) in [5.41, 5.74) is 0.526. The van der Waals surface area contributed by atoms with Gasteiger partial charge in [0.05, 0.1) is 5.02 Å². The average Bonchev–Trinajstić information content (AvgIpc) is 2.17. The van der Waals surface area contributed by atoms with Gasteiger partial charge in [0.2, 0.25) is 0 Å². The molecular formula is C15H21ClINO. The molecule has 19 heavy (non-hydrogen) atoms. The SMILES string of the molecule is CC(C)(C)CC(C)(C)NC(=O)c1ccc(I)c(Cl)c1. The number of benzene rings is 1. The maximum absolute atomic E-state index is 12.2. The molecule has 2 nitrogen and oxygen atoms in total. The van der Waals surface area contributed by atoms with Crippen molar-refractivity contribution in [2.75, 3.05) is 0 Å². The molecule has 1 aromatic carbocycles. The van der Waals surface area contributed by atoms with E-state index < -0.39 is 0 Å². The molecule has 1 aromatic rings. The molecule has 1 N–H and O–H groups in total. The van der Waals surface area contributed by atoms with Crippen molar-refractivity contribution in [2.24, 2.45) is 5.41 Å². The summed E-state index contributed by atoms with van der Waals surface area (Å²) >= 11 is 8.19. The van der Waals surface area contributed by atoms with Gasteiger partial charge < -0.3 is 5.32 Å². The van der Waals surface area contributed by atoms with Gasteiger partial charge in [-0.05, 0) is 66.5 Å². The van der Waals surface area contributed by atoms with Gasteiger partial charge >= 0.3 is 0 Å². The Morgan fingerprint density at radius 2 is 1.84 bits per heavy atom. The molecule has 0 heterocycles. The number of hydrogen-bond donors (Lipinski definition) is 1. The van der Waals surface area contributed by atoms with Crippen LogP contribution in [0.3, 0.4) is 0 Å². The fourth-order valence-corrected chi connectivity index (χ4v) is 2.90. The zero-order chi connectivity index (χ0) is 14.8. The summed E-state index contributed by atoms with van der Waals surface area (Å²) in [6, 6.07) is 5.37. The standard InChI is InChI=1S/C15H21ClINO/c1-14(2,3)9-15(4,5)18-13(19)10-6-7-12(17)11(16)8-10/h6-8H,9H2,1-5H3,(H,18,19). The Balaban J connectivity index is 2.81. The van der Waals surface area contributed by atoms with E-state index in [9.17, 15) is 4.79 Å². The van der Waals surface area contributed by atoms with E-state index in [1.54, 1.807) is 12.1 Å². The van der Waals surface area contributed by atoms with Gasteiger partial charge in [-0.15, -0.1) is 0 Å². The summed E-state index contributed by atoms with van der Waals surface area (Å²) < 4.78 is 0.949. The van der Waals surface area contributed by atoms with Gasteiger partial charge in [0, 0.05) is 14.7 Å². The minimum atomic E-state index is -0.245. The van der Waals surface area contributed by atoms with Gasteiger partial charge in [-0.25, -0.2) is 0 Å². The minimum absolute atomic E-state index is 0.0763. The summed E-state index contributed by atoms with van der Waals surface area (Å²) in [4.78, 5) is 12.2. The third-order valence-electron chi connectivity index (χ3n) is 2.61. The predicted molar refractivity (Wildman–Crippen MR) is 89.8 cm³/mol. The van der Waals surface area contributed by atoms with Crippen molar-refractivity contribution in [2.45, 2.75) is 46.6 Å². The largest absolute Gasteiger partial charge is 0.347 e. The Labute approximate surface area is 134 Å². The van der Waals surface area contributed by atoms with Crippen LogP contribution in [0.15, 0.2) is 18.2 Å². The van der Waals surface area contributed by atoms with Gasteiger partial charge in [0.25, 0.3) is 5.91 Å². The van der Waals surface area contributed by atoms with Crippen LogP contribution in [-0.4, -0.2) is 11.4 Å². The normalized spacial score (nSPS) is 12.4. The van der Waals surface area contributed by atoms with Gasteiger partial charge in [0.1, 0.15) is 0 Å². The van der Waals surface area contributed by atoms with Crippen LogP contribution in [0.5, 0.6) is 0 Å². The van der Waals surface area contributed by atoms with Gasteiger partial charge in [-0.3, -0.25) is 4.79 Å². The first kappa shape index (κ1) is 16.8. The van der Waals surface area contributed by atoms with E-state index >= 15 is 0 Å². The Morgan fingerprint density at radius 3 is 2.32 bits per heavy atom. The highest BCUT2D eigenvalue weighted by Crippen LogP contribution is 2.27. The molecule has 0 bridgehead atoms. The first-order chi connectivity index (χ1) is 8.50. The van der Waals surface area contributed by atoms with Gasteiger partial charge in [-0.2, -0.15) is 0 Å². The Bertz CT molecular complexity index is 478. The Hall–Kier alpha value is -0.290. The lowest BCUT2D eigenvalue weighted by atomic mass is 9.81. The first-order valence-corrected chi connectivity index (χ1v) is 7.73. The maximum Gasteiger partial charge on any atom is 0.251 e. The molecule has 0 aromatic heterocycles. The number of amides is 1. The van der Waals surface area contributed by atoms with Crippen molar-refractivity contribution in [3.63, 3.8) is 0 Å². The number of nitrogens with one attached hydrogen (secondary N) is 1. The van der Waals surface area contributed by atoms with E-state index in [0.29, 0.717) is 10.6 Å². The van der Waals surface area contributed by atoms with Crippen LogP contribution in [-0.2, 0) is 0 Å². The highest BCUT2D eigenvalue weighted by molar-refractivity contribution is 14.1. The molecule has 0 radical (unpaired) electrons. The zero-order valence-electron chi connectivity index (χ0n) is 12.1. The lowest BCUT2D eigenvalue weighted by Crippen LogP contribution is -2.45. The molecule has 0 saturated carbocycles. The summed E-state index contributed by atoms with van der Waals surface area (Å²) in [6.45, 7) is 10.6. The molecule has 106 valence electrons. The van der Waals surface area contributed by atoms with E-state index in [2.05, 4.69) is 48.7 Å². The van der Waals surface area contributed by atoms with E-state index in [-0.39, 0.29) is 16.9 Å². The molecule has 0 aliphatic carbocycles. The van der Waals surface area contributed by atoms with Crippen molar-refractivity contribution >= 4 is 40.1 Å². The van der Waals surface area contributed by atoms with E-state index in [1.165, 1.54) is 0 Å². The lowest BCUT2D eigenvalue weighted by molar-refractivity contribution is 0.0891. The Morgan fingerprint density at radius 1 is 1.26 bits per heavy atom. The highest BCUT2D eigenvalue weighted by atomic mass is 127. The van der Waals surface area contributed by atoms with Crippen molar-refractivity contribution in [3.8, 4) is 0 Å². The zero-order valence-corrected chi connectivity index (χ0v) is 15.0. The summed E-state index contributed by atoms with van der Waals surface area (Å²) in [5.74, 6) is -0.0763. The third kappa shape index (κ3) is 5.69.